The maximum absolute atomic E-state index is 11.2. The van der Waals surface area contributed by atoms with E-state index >= 15 is 0 Å². The molecule has 0 unspecified atom stereocenters. The molecule has 0 aliphatic carbocycles. The molecule has 21 heavy (non-hydrogen) atoms. The first kappa shape index (κ1) is 14.9. The minimum atomic E-state index is -1.04. The van der Waals surface area contributed by atoms with Gasteiger partial charge < -0.3 is 21.3 Å². The Kier molecular flexibility index (Phi) is 4.49. The fraction of sp³-hybridized carbons (Fsp3) is 0.154. The Balaban J connectivity index is 2.16. The molecule has 1 aromatic carbocycles. The summed E-state index contributed by atoms with van der Waals surface area (Å²) in [6.07, 6.45) is 0. The number of hydrogen-bond acceptors (Lipinski definition) is 7. The number of aromatic nitrogens is 2. The number of thioether (sulfide) groups is 1. The van der Waals surface area contributed by atoms with Gasteiger partial charge in [0.25, 0.3) is 0 Å². The molecule has 0 spiro atoms. The van der Waals surface area contributed by atoms with Gasteiger partial charge in [0.1, 0.15) is 22.9 Å². The van der Waals surface area contributed by atoms with Crippen molar-refractivity contribution in [2.24, 2.45) is 0 Å². The third kappa shape index (κ3) is 3.76. The van der Waals surface area contributed by atoms with Crippen molar-refractivity contribution in [1.29, 1.82) is 0 Å². The molecule has 2 aromatic rings. The smallest absolute Gasteiger partial charge is 0.339 e. The van der Waals surface area contributed by atoms with E-state index < -0.39 is 5.97 Å². The van der Waals surface area contributed by atoms with Gasteiger partial charge in [-0.3, -0.25) is 0 Å². The maximum atomic E-state index is 11.2. The maximum Gasteiger partial charge on any atom is 0.339 e. The van der Waals surface area contributed by atoms with Gasteiger partial charge in [0.05, 0.1) is 7.11 Å². The van der Waals surface area contributed by atoms with Crippen LogP contribution in [0.3, 0.4) is 0 Å². The Bertz CT molecular complexity index is 658. The van der Waals surface area contributed by atoms with Crippen LogP contribution >= 0.6 is 11.8 Å². The summed E-state index contributed by atoms with van der Waals surface area (Å²) in [5.41, 5.74) is 12.1. The lowest BCUT2D eigenvalue weighted by Gasteiger charge is -2.07. The number of methoxy groups -OCH3 is 1. The zero-order valence-electron chi connectivity index (χ0n) is 11.2. The third-order valence-corrected chi connectivity index (χ3v) is 3.53. The Morgan fingerprint density at radius 1 is 1.29 bits per heavy atom. The molecule has 2 rings (SSSR count). The highest BCUT2D eigenvalue weighted by molar-refractivity contribution is 7.98. The number of anilines is 2. The predicted octanol–water partition coefficient (Wildman–Crippen LogP) is 1.64. The molecule has 1 heterocycles. The van der Waals surface area contributed by atoms with Crippen LogP contribution in [-0.4, -0.2) is 28.2 Å². The predicted molar refractivity (Wildman–Crippen MR) is 80.4 cm³/mol. The van der Waals surface area contributed by atoms with Gasteiger partial charge in [-0.05, 0) is 17.7 Å². The van der Waals surface area contributed by atoms with Gasteiger partial charge in [0.15, 0.2) is 5.16 Å². The monoisotopic (exact) mass is 306 g/mol. The van der Waals surface area contributed by atoms with Crippen LogP contribution < -0.4 is 16.2 Å². The lowest BCUT2D eigenvalue weighted by Crippen LogP contribution is -2.02. The van der Waals surface area contributed by atoms with Crippen LogP contribution in [0.15, 0.2) is 29.4 Å². The van der Waals surface area contributed by atoms with Crippen molar-refractivity contribution in [2.45, 2.75) is 10.9 Å². The summed E-state index contributed by atoms with van der Waals surface area (Å²) in [5.74, 6) is 0.369. The van der Waals surface area contributed by atoms with E-state index in [-0.39, 0.29) is 5.56 Å². The lowest BCUT2D eigenvalue weighted by molar-refractivity contribution is 0.0693. The van der Waals surface area contributed by atoms with Crippen molar-refractivity contribution >= 4 is 29.4 Å². The second-order valence-electron chi connectivity index (χ2n) is 4.13. The van der Waals surface area contributed by atoms with Crippen molar-refractivity contribution in [3.05, 3.63) is 35.4 Å². The molecule has 0 atom stereocenters. The Morgan fingerprint density at radius 2 is 1.95 bits per heavy atom. The molecule has 1 aromatic heterocycles. The second kappa shape index (κ2) is 6.31. The number of carbonyl (C=O) groups is 1. The zero-order chi connectivity index (χ0) is 15.4. The van der Waals surface area contributed by atoms with Gasteiger partial charge in [0, 0.05) is 11.8 Å². The number of carboxylic acids is 1. The molecular weight excluding hydrogens is 292 g/mol. The van der Waals surface area contributed by atoms with Gasteiger partial charge in [-0.2, -0.15) is 0 Å². The fourth-order valence-corrected chi connectivity index (χ4v) is 2.50. The van der Waals surface area contributed by atoms with Gasteiger partial charge in [-0.25, -0.2) is 14.8 Å². The van der Waals surface area contributed by atoms with Gasteiger partial charge in [-0.15, -0.1) is 0 Å². The highest BCUT2D eigenvalue weighted by Gasteiger charge is 2.12. The molecule has 8 heteroatoms. The minimum Gasteiger partial charge on any atom is -0.496 e. The van der Waals surface area contributed by atoms with E-state index in [0.717, 1.165) is 5.56 Å². The van der Waals surface area contributed by atoms with E-state index in [1.807, 2.05) is 0 Å². The van der Waals surface area contributed by atoms with Gasteiger partial charge >= 0.3 is 5.97 Å². The normalized spacial score (nSPS) is 10.3. The Hall–Kier alpha value is -2.48. The first-order chi connectivity index (χ1) is 9.99. The van der Waals surface area contributed by atoms with Crippen LogP contribution in [0, 0.1) is 0 Å². The number of benzene rings is 1. The number of carboxylic acid groups (broad SMARTS) is 1. The summed E-state index contributed by atoms with van der Waals surface area (Å²) in [4.78, 5) is 19.2. The highest BCUT2D eigenvalue weighted by atomic mass is 32.2. The number of rotatable bonds is 5. The standard InChI is InChI=1S/C13H14N4O3S/c1-20-9-3-2-7(4-8(9)12(18)19)6-21-13-16-10(14)5-11(15)17-13/h2-5H,6H2,1H3,(H,18,19)(H4,14,15,16,17). The van der Waals surface area contributed by atoms with E-state index in [0.29, 0.717) is 28.3 Å². The average molecular weight is 306 g/mol. The number of nitrogens with zero attached hydrogens (tertiary/aromatic N) is 2. The SMILES string of the molecule is COc1ccc(CSc2nc(N)cc(N)n2)cc1C(=O)O. The molecule has 0 saturated heterocycles. The minimum absolute atomic E-state index is 0.114. The number of nitrogen functional groups attached to an aromatic ring is 2. The summed E-state index contributed by atoms with van der Waals surface area (Å²) in [6, 6.07) is 6.44. The largest absolute Gasteiger partial charge is 0.496 e. The number of aromatic carboxylic acids is 1. The molecule has 0 aliphatic rings. The first-order valence-electron chi connectivity index (χ1n) is 5.92. The molecule has 110 valence electrons. The van der Waals surface area contributed by atoms with E-state index in [1.165, 1.54) is 24.9 Å². The molecule has 0 amide bonds. The summed E-state index contributed by atoms with van der Waals surface area (Å²) < 4.78 is 5.01. The van der Waals surface area contributed by atoms with Crippen molar-refractivity contribution in [3.8, 4) is 5.75 Å². The van der Waals surface area contributed by atoms with E-state index in [4.69, 9.17) is 21.3 Å². The molecule has 0 saturated carbocycles. The highest BCUT2D eigenvalue weighted by Crippen LogP contribution is 2.25. The Labute approximate surface area is 125 Å². The fourth-order valence-electron chi connectivity index (χ4n) is 1.69. The second-order valence-corrected chi connectivity index (χ2v) is 5.07. The van der Waals surface area contributed by atoms with Crippen molar-refractivity contribution in [2.75, 3.05) is 18.6 Å². The lowest BCUT2D eigenvalue weighted by atomic mass is 10.1. The molecule has 0 aliphatic heterocycles. The quantitative estimate of drug-likeness (QED) is 0.562. The zero-order valence-corrected chi connectivity index (χ0v) is 12.1. The van der Waals surface area contributed by atoms with E-state index in [2.05, 4.69) is 9.97 Å². The Morgan fingerprint density at radius 3 is 2.52 bits per heavy atom. The topological polar surface area (TPSA) is 124 Å². The first-order valence-corrected chi connectivity index (χ1v) is 6.91. The van der Waals surface area contributed by atoms with Gasteiger partial charge in [0.2, 0.25) is 0 Å². The van der Waals surface area contributed by atoms with E-state index in [9.17, 15) is 4.79 Å². The molecule has 0 fully saturated rings. The summed E-state index contributed by atoms with van der Waals surface area (Å²) in [6.45, 7) is 0. The van der Waals surface area contributed by atoms with E-state index in [1.54, 1.807) is 18.2 Å². The summed E-state index contributed by atoms with van der Waals surface area (Å²) in [5, 5.41) is 9.58. The number of nitrogens with two attached hydrogens (primary N) is 2. The molecule has 0 radical (unpaired) electrons. The average Bonchev–Trinajstić information content (AvgIpc) is 2.43. The summed E-state index contributed by atoms with van der Waals surface area (Å²) in [7, 11) is 1.43. The molecule has 7 nitrogen and oxygen atoms in total. The number of hydrogen-bond donors (Lipinski definition) is 3. The summed E-state index contributed by atoms with van der Waals surface area (Å²) >= 11 is 1.32. The molecule has 5 N–H and O–H groups in total. The third-order valence-electron chi connectivity index (χ3n) is 2.61. The van der Waals surface area contributed by atoms with Crippen LogP contribution in [0.4, 0.5) is 11.6 Å². The van der Waals surface area contributed by atoms with Crippen LogP contribution in [0.5, 0.6) is 5.75 Å². The van der Waals surface area contributed by atoms with Crippen LogP contribution in [0.2, 0.25) is 0 Å². The van der Waals surface area contributed by atoms with Crippen molar-refractivity contribution < 1.29 is 14.6 Å². The van der Waals surface area contributed by atoms with Crippen LogP contribution in [-0.2, 0) is 5.75 Å². The van der Waals surface area contributed by atoms with Crippen molar-refractivity contribution in [1.82, 2.24) is 9.97 Å². The number of ether oxygens (including phenoxy) is 1. The molecular formula is C13H14N4O3S. The van der Waals surface area contributed by atoms with Crippen LogP contribution in [0.25, 0.3) is 0 Å². The van der Waals surface area contributed by atoms with Crippen LogP contribution in [0.1, 0.15) is 15.9 Å². The molecule has 0 bridgehead atoms. The van der Waals surface area contributed by atoms with Gasteiger partial charge in [-0.1, -0.05) is 17.8 Å². The van der Waals surface area contributed by atoms with Crippen molar-refractivity contribution in [3.63, 3.8) is 0 Å².